The molecular weight excluding hydrogens is 196 g/mol. The molecule has 0 saturated carbocycles. The molecule has 0 N–H and O–H groups in total. The molecule has 0 bridgehead atoms. The summed E-state index contributed by atoms with van der Waals surface area (Å²) >= 11 is 0. The van der Waals surface area contributed by atoms with E-state index in [2.05, 4.69) is 49.4 Å². The van der Waals surface area contributed by atoms with Gasteiger partial charge in [0, 0.05) is 10.2 Å². The van der Waals surface area contributed by atoms with Crippen molar-refractivity contribution in [3.63, 3.8) is 0 Å². The van der Waals surface area contributed by atoms with Crippen molar-refractivity contribution in [1.82, 2.24) is 0 Å². The molecule has 74 valence electrons. The van der Waals surface area contributed by atoms with Crippen molar-refractivity contribution in [3.05, 3.63) is 59.2 Å². The number of rotatable bonds is 0. The molecular formula is C14H14Si. The van der Waals surface area contributed by atoms with Gasteiger partial charge in [-0.25, -0.2) is 0 Å². The lowest BCUT2D eigenvalue weighted by Crippen LogP contribution is -1.96. The molecule has 0 aliphatic heterocycles. The van der Waals surface area contributed by atoms with E-state index in [1.165, 1.54) is 32.5 Å². The maximum absolute atomic E-state index is 2.28. The molecule has 0 fully saturated rings. The molecule has 0 aromatic heterocycles. The Kier molecular flexibility index (Phi) is 1.83. The summed E-state index contributed by atoms with van der Waals surface area (Å²) < 4.78 is 0. The normalized spacial score (nSPS) is 17.5. The summed E-state index contributed by atoms with van der Waals surface area (Å²) in [5.41, 5.74) is 8.17. The van der Waals surface area contributed by atoms with Crippen molar-refractivity contribution >= 4 is 10.2 Å². The quantitative estimate of drug-likeness (QED) is 0.586. The highest BCUT2D eigenvalue weighted by molar-refractivity contribution is 6.17. The maximum Gasteiger partial charge on any atom is 0.0179 e. The highest BCUT2D eigenvalue weighted by Crippen LogP contribution is 2.44. The molecule has 0 radical (unpaired) electrons. The molecule has 3 rings (SSSR count). The van der Waals surface area contributed by atoms with E-state index in [1.54, 1.807) is 5.56 Å². The van der Waals surface area contributed by atoms with Gasteiger partial charge in [-0.05, 0) is 40.3 Å². The van der Waals surface area contributed by atoms with E-state index in [4.69, 9.17) is 0 Å². The third-order valence-electron chi connectivity index (χ3n) is 3.47. The van der Waals surface area contributed by atoms with Crippen LogP contribution in [0.4, 0.5) is 0 Å². The lowest BCUT2D eigenvalue weighted by atomic mass is 10.0. The van der Waals surface area contributed by atoms with Crippen LogP contribution in [0.25, 0.3) is 11.1 Å². The number of aryl methyl sites for hydroxylation is 1. The van der Waals surface area contributed by atoms with Gasteiger partial charge in [-0.15, -0.1) is 0 Å². The van der Waals surface area contributed by atoms with Gasteiger partial charge in [0.05, 0.1) is 0 Å². The van der Waals surface area contributed by atoms with Gasteiger partial charge in [0.25, 0.3) is 0 Å². The fraction of sp³-hybridized carbons (Fsp3) is 0.143. The smallest absolute Gasteiger partial charge is 0.0179 e. The number of hydrogen-bond acceptors (Lipinski definition) is 0. The molecule has 0 nitrogen and oxygen atoms in total. The topological polar surface area (TPSA) is 0 Å². The van der Waals surface area contributed by atoms with Crippen LogP contribution in [0.1, 0.15) is 22.2 Å². The summed E-state index contributed by atoms with van der Waals surface area (Å²) in [4.78, 5) is 0. The zero-order valence-corrected chi connectivity index (χ0v) is 11.1. The van der Waals surface area contributed by atoms with Gasteiger partial charge in [-0.2, -0.15) is 0 Å². The average Bonchev–Trinajstić information content (AvgIpc) is 2.55. The predicted molar refractivity (Wildman–Crippen MR) is 68.4 cm³/mol. The second-order valence-electron chi connectivity index (χ2n) is 4.35. The molecule has 2 aromatic carbocycles. The fourth-order valence-corrected chi connectivity index (χ4v) is 4.04. The first-order valence-corrected chi connectivity index (χ1v) is 6.63. The molecule has 1 unspecified atom stereocenters. The summed E-state index contributed by atoms with van der Waals surface area (Å²) in [5, 5.41) is 0. The van der Waals surface area contributed by atoms with Gasteiger partial charge in [0.15, 0.2) is 0 Å². The van der Waals surface area contributed by atoms with Crippen molar-refractivity contribution in [1.29, 1.82) is 0 Å². The first-order chi connectivity index (χ1) is 7.29. The molecule has 2 aromatic rings. The van der Waals surface area contributed by atoms with E-state index in [0.717, 1.165) is 0 Å². The minimum Gasteiger partial charge on any atom is -0.0619 e. The highest BCUT2D eigenvalue weighted by atomic mass is 28.1. The van der Waals surface area contributed by atoms with Crippen molar-refractivity contribution in [2.45, 2.75) is 12.5 Å². The lowest BCUT2D eigenvalue weighted by molar-refractivity contribution is 1.16. The van der Waals surface area contributed by atoms with Crippen LogP contribution in [0.15, 0.2) is 42.5 Å². The Labute approximate surface area is 93.4 Å². The van der Waals surface area contributed by atoms with Gasteiger partial charge in [0.2, 0.25) is 0 Å². The molecule has 1 atom stereocenters. The van der Waals surface area contributed by atoms with Gasteiger partial charge < -0.3 is 0 Å². The van der Waals surface area contributed by atoms with E-state index < -0.39 is 0 Å². The van der Waals surface area contributed by atoms with E-state index in [1.807, 2.05) is 0 Å². The molecule has 0 saturated heterocycles. The van der Waals surface area contributed by atoms with Gasteiger partial charge in [-0.1, -0.05) is 42.5 Å². The Bertz CT molecular complexity index is 529. The summed E-state index contributed by atoms with van der Waals surface area (Å²) in [5.74, 6) is 0. The van der Waals surface area contributed by atoms with Crippen LogP contribution in [0, 0.1) is 6.92 Å². The van der Waals surface area contributed by atoms with E-state index in [9.17, 15) is 0 Å². The van der Waals surface area contributed by atoms with Crippen LogP contribution >= 0.6 is 0 Å². The Morgan fingerprint density at radius 3 is 2.53 bits per heavy atom. The number of hydrogen-bond donors (Lipinski definition) is 0. The zero-order valence-electron chi connectivity index (χ0n) is 9.12. The Balaban J connectivity index is 2.37. The largest absolute Gasteiger partial charge is 0.0619 e. The van der Waals surface area contributed by atoms with Crippen molar-refractivity contribution in [2.75, 3.05) is 0 Å². The second kappa shape index (κ2) is 3.07. The SMILES string of the molecule is Cc1cccc2c1C([SiH3])c1ccccc1-2. The third-order valence-corrected chi connectivity index (χ3v) is 4.67. The standard InChI is InChI=1S/C14H14Si/c1-9-5-4-8-11-10-6-2-3-7-12(10)14(15)13(9)11/h2-8,14H,1,15H3. The molecule has 0 amide bonds. The molecule has 1 aliphatic carbocycles. The molecule has 0 heterocycles. The van der Waals surface area contributed by atoms with Crippen molar-refractivity contribution < 1.29 is 0 Å². The third kappa shape index (κ3) is 1.13. The average molecular weight is 210 g/mol. The summed E-state index contributed by atoms with van der Waals surface area (Å²) in [6, 6.07) is 15.5. The van der Waals surface area contributed by atoms with Gasteiger partial charge in [0.1, 0.15) is 0 Å². The van der Waals surface area contributed by atoms with E-state index in [-0.39, 0.29) is 0 Å². The molecule has 1 heteroatoms. The number of fused-ring (bicyclic) bond motifs is 3. The lowest BCUT2D eigenvalue weighted by Gasteiger charge is -2.08. The number of benzene rings is 2. The fourth-order valence-electron chi connectivity index (χ4n) is 2.77. The predicted octanol–water partition coefficient (Wildman–Crippen LogP) is 2.43. The van der Waals surface area contributed by atoms with Crippen LogP contribution in [0.3, 0.4) is 0 Å². The van der Waals surface area contributed by atoms with Crippen LogP contribution in [-0.2, 0) is 0 Å². The monoisotopic (exact) mass is 210 g/mol. The van der Waals surface area contributed by atoms with Crippen LogP contribution in [0.2, 0.25) is 0 Å². The highest BCUT2D eigenvalue weighted by Gasteiger charge is 2.25. The molecule has 0 spiro atoms. The van der Waals surface area contributed by atoms with Gasteiger partial charge in [-0.3, -0.25) is 0 Å². The first kappa shape index (κ1) is 8.92. The van der Waals surface area contributed by atoms with E-state index in [0.29, 0.717) is 5.54 Å². The van der Waals surface area contributed by atoms with Crippen LogP contribution < -0.4 is 0 Å². The first-order valence-electron chi connectivity index (χ1n) is 5.48. The minimum atomic E-state index is 0.692. The Morgan fingerprint density at radius 1 is 0.933 bits per heavy atom. The molecule has 15 heavy (non-hydrogen) atoms. The Hall–Kier alpha value is -1.34. The summed E-state index contributed by atoms with van der Waals surface area (Å²) in [7, 11) is 1.20. The van der Waals surface area contributed by atoms with Crippen LogP contribution in [0.5, 0.6) is 0 Å². The van der Waals surface area contributed by atoms with Crippen molar-refractivity contribution in [3.8, 4) is 11.1 Å². The van der Waals surface area contributed by atoms with E-state index >= 15 is 0 Å². The molecule has 1 aliphatic rings. The summed E-state index contributed by atoms with van der Waals surface area (Å²) in [6.07, 6.45) is 0. The second-order valence-corrected chi connectivity index (χ2v) is 5.50. The minimum absolute atomic E-state index is 0.692. The zero-order chi connectivity index (χ0) is 10.4. The Morgan fingerprint density at radius 2 is 1.67 bits per heavy atom. The maximum atomic E-state index is 2.28. The van der Waals surface area contributed by atoms with Crippen LogP contribution in [-0.4, -0.2) is 10.2 Å². The van der Waals surface area contributed by atoms with Gasteiger partial charge >= 0.3 is 0 Å². The van der Waals surface area contributed by atoms with Crippen molar-refractivity contribution in [2.24, 2.45) is 0 Å². The summed E-state index contributed by atoms with van der Waals surface area (Å²) in [6.45, 7) is 2.23.